The van der Waals surface area contributed by atoms with Crippen LogP contribution in [0.5, 0.6) is 0 Å². The average Bonchev–Trinajstić information content (AvgIpc) is 2.93. The van der Waals surface area contributed by atoms with Gasteiger partial charge in [0.25, 0.3) is 0 Å². The third kappa shape index (κ3) is 3.51. The van der Waals surface area contributed by atoms with Crippen molar-refractivity contribution in [2.45, 2.75) is 39.3 Å². The van der Waals surface area contributed by atoms with E-state index in [1.807, 2.05) is 5.38 Å². The number of nitrogens with zero attached hydrogens (tertiary/aromatic N) is 2. The van der Waals surface area contributed by atoms with Crippen LogP contribution in [0.2, 0.25) is 0 Å². The fraction of sp³-hybridized carbons (Fsp3) is 0.667. The Bertz CT molecular complexity index is 399. The number of carboxylic acids is 1. The number of rotatable bonds is 6. The van der Waals surface area contributed by atoms with Gasteiger partial charge in [-0.2, -0.15) is 0 Å². The molecule has 0 spiro atoms. The first-order valence-electron chi connectivity index (χ1n) is 5.98. The molecule has 0 bridgehead atoms. The van der Waals surface area contributed by atoms with Crippen LogP contribution in [0, 0.1) is 5.92 Å². The Morgan fingerprint density at radius 1 is 1.65 bits per heavy atom. The van der Waals surface area contributed by atoms with Crippen LogP contribution < -0.4 is 0 Å². The molecule has 1 fully saturated rings. The van der Waals surface area contributed by atoms with Crippen molar-refractivity contribution in [3.8, 4) is 0 Å². The molecule has 1 aliphatic carbocycles. The van der Waals surface area contributed by atoms with Crippen LogP contribution >= 0.6 is 11.3 Å². The van der Waals surface area contributed by atoms with Crippen molar-refractivity contribution < 1.29 is 9.90 Å². The fourth-order valence-electron chi connectivity index (χ4n) is 1.78. The number of hydrogen-bond donors (Lipinski definition) is 1. The highest BCUT2D eigenvalue weighted by Crippen LogP contribution is 2.30. The van der Waals surface area contributed by atoms with Gasteiger partial charge in [0.2, 0.25) is 5.01 Å². The largest absolute Gasteiger partial charge is 0.476 e. The van der Waals surface area contributed by atoms with Crippen LogP contribution in [-0.2, 0) is 6.54 Å². The van der Waals surface area contributed by atoms with Crippen molar-refractivity contribution >= 4 is 17.3 Å². The molecular weight excluding hydrogens is 236 g/mol. The van der Waals surface area contributed by atoms with Gasteiger partial charge in [-0.05, 0) is 32.6 Å². The molecule has 1 heterocycles. The van der Waals surface area contributed by atoms with Crippen molar-refractivity contribution in [2.24, 2.45) is 5.92 Å². The smallest absolute Gasteiger partial charge is 0.365 e. The maximum absolute atomic E-state index is 10.8. The molecule has 0 unspecified atom stereocenters. The average molecular weight is 254 g/mol. The van der Waals surface area contributed by atoms with Crippen LogP contribution in [0.4, 0.5) is 0 Å². The highest BCUT2D eigenvalue weighted by Gasteiger charge is 2.26. The molecule has 5 heteroatoms. The number of thiazole rings is 1. The van der Waals surface area contributed by atoms with E-state index < -0.39 is 5.97 Å². The summed E-state index contributed by atoms with van der Waals surface area (Å²) in [7, 11) is 0. The molecule has 0 atom stereocenters. The van der Waals surface area contributed by atoms with Crippen molar-refractivity contribution in [3.05, 3.63) is 16.1 Å². The lowest BCUT2D eigenvalue weighted by molar-refractivity contribution is 0.0696. The van der Waals surface area contributed by atoms with E-state index in [-0.39, 0.29) is 5.01 Å². The van der Waals surface area contributed by atoms with Crippen molar-refractivity contribution in [2.75, 3.05) is 6.54 Å². The van der Waals surface area contributed by atoms with E-state index in [4.69, 9.17) is 5.11 Å². The Hall–Kier alpha value is -0.940. The zero-order valence-electron chi connectivity index (χ0n) is 10.2. The molecular formula is C12H18N2O2S. The van der Waals surface area contributed by atoms with Crippen molar-refractivity contribution in [3.63, 3.8) is 0 Å². The predicted molar refractivity (Wildman–Crippen MR) is 67.3 cm³/mol. The van der Waals surface area contributed by atoms with Crippen LogP contribution in [0.1, 0.15) is 42.2 Å². The summed E-state index contributed by atoms with van der Waals surface area (Å²) in [5.41, 5.74) is 0.877. The summed E-state index contributed by atoms with van der Waals surface area (Å²) in [6, 6.07) is 0.477. The predicted octanol–water partition coefficient (Wildman–Crippen LogP) is 2.46. The molecule has 0 aromatic carbocycles. The van der Waals surface area contributed by atoms with E-state index in [9.17, 15) is 4.79 Å². The second kappa shape index (κ2) is 5.14. The van der Waals surface area contributed by atoms with Crippen LogP contribution in [0.3, 0.4) is 0 Å². The van der Waals surface area contributed by atoms with E-state index in [0.29, 0.717) is 6.04 Å². The quantitative estimate of drug-likeness (QED) is 0.847. The number of aromatic carboxylic acids is 1. The molecule has 1 N–H and O–H groups in total. The maximum Gasteiger partial charge on any atom is 0.365 e. The van der Waals surface area contributed by atoms with E-state index >= 15 is 0 Å². The zero-order chi connectivity index (χ0) is 12.4. The molecule has 0 radical (unpaired) electrons. The summed E-state index contributed by atoms with van der Waals surface area (Å²) >= 11 is 1.21. The van der Waals surface area contributed by atoms with E-state index in [1.165, 1.54) is 24.2 Å². The van der Waals surface area contributed by atoms with E-state index in [1.54, 1.807) is 0 Å². The van der Waals surface area contributed by atoms with Crippen LogP contribution in [-0.4, -0.2) is 33.5 Å². The molecule has 1 aliphatic rings. The minimum atomic E-state index is -0.931. The lowest BCUT2D eigenvalue weighted by atomic mass is 10.2. The fourth-order valence-corrected chi connectivity index (χ4v) is 2.42. The van der Waals surface area contributed by atoms with Gasteiger partial charge in [-0.25, -0.2) is 9.78 Å². The third-order valence-electron chi connectivity index (χ3n) is 3.02. The Balaban J connectivity index is 1.97. The second-order valence-corrected chi connectivity index (χ2v) is 5.77. The van der Waals surface area contributed by atoms with Gasteiger partial charge in [-0.3, -0.25) is 4.90 Å². The van der Waals surface area contributed by atoms with Gasteiger partial charge in [0.15, 0.2) is 0 Å². The molecule has 2 rings (SSSR count). The molecule has 17 heavy (non-hydrogen) atoms. The van der Waals surface area contributed by atoms with Crippen LogP contribution in [0.15, 0.2) is 5.38 Å². The van der Waals surface area contributed by atoms with Crippen LogP contribution in [0.25, 0.3) is 0 Å². The standard InChI is InChI=1S/C12H18N2O2S/c1-8(2)14(5-9-3-4-9)6-10-7-17-11(13-10)12(15)16/h7-9H,3-6H2,1-2H3,(H,15,16). The molecule has 1 aromatic heterocycles. The molecule has 94 valence electrons. The Morgan fingerprint density at radius 3 is 2.82 bits per heavy atom. The monoisotopic (exact) mass is 254 g/mol. The van der Waals surface area contributed by atoms with Gasteiger partial charge >= 0.3 is 5.97 Å². The Morgan fingerprint density at radius 2 is 2.35 bits per heavy atom. The number of carboxylic acid groups (broad SMARTS) is 1. The number of carbonyl (C=O) groups is 1. The SMILES string of the molecule is CC(C)N(Cc1csc(C(=O)O)n1)CC1CC1. The molecule has 4 nitrogen and oxygen atoms in total. The van der Waals surface area contributed by atoms with E-state index in [0.717, 1.165) is 24.7 Å². The van der Waals surface area contributed by atoms with Gasteiger partial charge in [-0.1, -0.05) is 0 Å². The van der Waals surface area contributed by atoms with Gasteiger partial charge in [-0.15, -0.1) is 11.3 Å². The highest BCUT2D eigenvalue weighted by atomic mass is 32.1. The van der Waals surface area contributed by atoms with Gasteiger partial charge < -0.3 is 5.11 Å². The van der Waals surface area contributed by atoms with Gasteiger partial charge in [0.05, 0.1) is 5.69 Å². The minimum absolute atomic E-state index is 0.190. The number of aromatic nitrogens is 1. The first-order chi connectivity index (χ1) is 8.06. The third-order valence-corrected chi connectivity index (χ3v) is 3.90. The van der Waals surface area contributed by atoms with Crippen molar-refractivity contribution in [1.29, 1.82) is 0 Å². The topological polar surface area (TPSA) is 53.4 Å². The van der Waals surface area contributed by atoms with Gasteiger partial charge in [0.1, 0.15) is 0 Å². The van der Waals surface area contributed by atoms with Gasteiger partial charge in [0, 0.05) is 24.5 Å². The van der Waals surface area contributed by atoms with Crippen molar-refractivity contribution in [1.82, 2.24) is 9.88 Å². The maximum atomic E-state index is 10.8. The molecule has 1 aromatic rings. The summed E-state index contributed by atoms with van der Waals surface area (Å²) < 4.78 is 0. The molecule has 0 amide bonds. The summed E-state index contributed by atoms with van der Waals surface area (Å²) in [4.78, 5) is 17.3. The summed E-state index contributed by atoms with van der Waals surface area (Å²) in [5.74, 6) is -0.0884. The molecule has 0 saturated heterocycles. The summed E-state index contributed by atoms with van der Waals surface area (Å²) in [6.45, 7) is 6.22. The highest BCUT2D eigenvalue weighted by molar-refractivity contribution is 7.11. The normalized spacial score (nSPS) is 15.8. The number of hydrogen-bond acceptors (Lipinski definition) is 4. The Kier molecular flexibility index (Phi) is 3.79. The summed E-state index contributed by atoms with van der Waals surface area (Å²) in [5, 5.41) is 10.9. The van der Waals surface area contributed by atoms with E-state index in [2.05, 4.69) is 23.7 Å². The molecule has 0 aliphatic heterocycles. The zero-order valence-corrected chi connectivity index (χ0v) is 11.0. The summed E-state index contributed by atoms with van der Waals surface area (Å²) in [6.07, 6.45) is 2.67. The first kappa shape index (κ1) is 12.5. The lowest BCUT2D eigenvalue weighted by Gasteiger charge is -2.25. The second-order valence-electron chi connectivity index (χ2n) is 4.92. The Labute approximate surface area is 105 Å². The lowest BCUT2D eigenvalue weighted by Crippen LogP contribution is -2.32. The first-order valence-corrected chi connectivity index (χ1v) is 6.86. The minimum Gasteiger partial charge on any atom is -0.476 e. The molecule has 1 saturated carbocycles.